The molecule has 1 rings (SSSR count). The number of nitrogens with zero attached hydrogens (tertiary/aromatic N) is 1. The summed E-state index contributed by atoms with van der Waals surface area (Å²) in [5.41, 5.74) is 6.59. The van der Waals surface area contributed by atoms with Crippen molar-refractivity contribution in [2.24, 2.45) is 10.8 Å². The van der Waals surface area contributed by atoms with E-state index in [1.165, 1.54) is 13.0 Å². The summed E-state index contributed by atoms with van der Waals surface area (Å²) in [6.45, 7) is 1.39. The van der Waals surface area contributed by atoms with Gasteiger partial charge in [-0.1, -0.05) is 0 Å². The van der Waals surface area contributed by atoms with Crippen LogP contribution in [0, 0.1) is 11.6 Å². The van der Waals surface area contributed by atoms with E-state index in [1.807, 2.05) is 5.43 Å². The van der Waals surface area contributed by atoms with Crippen LogP contribution in [0.25, 0.3) is 0 Å². The largest absolute Gasteiger partial charge is 0.361 e. The van der Waals surface area contributed by atoms with Crippen molar-refractivity contribution >= 4 is 17.5 Å². The van der Waals surface area contributed by atoms with Crippen molar-refractivity contribution in [1.82, 2.24) is 5.43 Å². The zero-order chi connectivity index (χ0) is 13.0. The summed E-state index contributed by atoms with van der Waals surface area (Å²) in [7, 11) is 0. The number of nitrogens with two attached hydrogens (primary N) is 1. The summed E-state index contributed by atoms with van der Waals surface area (Å²) in [6.07, 6.45) is 0. The van der Waals surface area contributed by atoms with Gasteiger partial charge in [-0.05, 0) is 19.1 Å². The number of hydrogen-bond acceptors (Lipinski definition) is 3. The average molecular weight is 241 g/mol. The number of carbonyl (C=O) groups excluding carboxylic acids is 2. The van der Waals surface area contributed by atoms with Crippen molar-refractivity contribution in [1.29, 1.82) is 0 Å². The number of hydrogen-bond donors (Lipinski definition) is 2. The molecule has 0 aliphatic heterocycles. The van der Waals surface area contributed by atoms with Crippen LogP contribution in [-0.2, 0) is 9.59 Å². The molecule has 0 saturated carbocycles. The molecule has 0 radical (unpaired) electrons. The number of benzene rings is 1. The van der Waals surface area contributed by atoms with E-state index in [-0.39, 0.29) is 11.3 Å². The maximum atomic E-state index is 13.3. The Morgan fingerprint density at radius 3 is 2.53 bits per heavy atom. The van der Waals surface area contributed by atoms with E-state index >= 15 is 0 Å². The van der Waals surface area contributed by atoms with Gasteiger partial charge in [0.1, 0.15) is 11.6 Å². The van der Waals surface area contributed by atoms with Crippen LogP contribution in [0.2, 0.25) is 0 Å². The first-order valence-corrected chi connectivity index (χ1v) is 4.51. The van der Waals surface area contributed by atoms with Crippen LogP contribution in [0.4, 0.5) is 8.78 Å². The molecule has 2 amide bonds. The summed E-state index contributed by atoms with van der Waals surface area (Å²) in [5, 5.41) is 3.46. The van der Waals surface area contributed by atoms with E-state index in [0.717, 1.165) is 6.07 Å². The van der Waals surface area contributed by atoms with E-state index in [1.54, 1.807) is 0 Å². The lowest BCUT2D eigenvalue weighted by atomic mass is 10.1. The summed E-state index contributed by atoms with van der Waals surface area (Å²) in [5.74, 6) is -3.87. The van der Waals surface area contributed by atoms with Gasteiger partial charge in [0, 0.05) is 11.6 Å². The zero-order valence-corrected chi connectivity index (χ0v) is 8.83. The lowest BCUT2D eigenvalue weighted by molar-refractivity contribution is -0.137. The normalized spacial score (nSPS) is 11.1. The molecular formula is C10H9F2N3O2. The van der Waals surface area contributed by atoms with Crippen LogP contribution in [-0.4, -0.2) is 17.5 Å². The van der Waals surface area contributed by atoms with Crippen LogP contribution >= 0.6 is 0 Å². The fraction of sp³-hybridized carbons (Fsp3) is 0.100. The summed E-state index contributed by atoms with van der Waals surface area (Å²) in [4.78, 5) is 21.1. The standard InChI is InChI=1S/C10H9F2N3O2/c1-5(14-15-10(17)9(13)16)7-3-2-6(11)4-8(7)12/h2-4H,1H3,(H2,13,16)(H,15,17)/b14-5+. The van der Waals surface area contributed by atoms with Gasteiger partial charge in [-0.15, -0.1) is 0 Å². The Hall–Kier alpha value is -2.31. The lowest BCUT2D eigenvalue weighted by Gasteiger charge is -2.02. The fourth-order valence-electron chi connectivity index (χ4n) is 1.03. The number of halogens is 2. The third-order valence-corrected chi connectivity index (χ3v) is 1.87. The Kier molecular flexibility index (Phi) is 3.86. The maximum absolute atomic E-state index is 13.3. The van der Waals surface area contributed by atoms with Gasteiger partial charge in [0.05, 0.1) is 5.71 Å². The van der Waals surface area contributed by atoms with Crippen LogP contribution in [0.1, 0.15) is 12.5 Å². The van der Waals surface area contributed by atoms with Gasteiger partial charge >= 0.3 is 11.8 Å². The highest BCUT2D eigenvalue weighted by atomic mass is 19.1. The predicted octanol–water partition coefficient (Wildman–Crippen LogP) is 0.290. The molecule has 0 bridgehead atoms. The van der Waals surface area contributed by atoms with E-state index in [4.69, 9.17) is 0 Å². The molecule has 3 N–H and O–H groups in total. The number of rotatable bonds is 2. The first kappa shape index (κ1) is 12.8. The second-order valence-corrected chi connectivity index (χ2v) is 3.13. The van der Waals surface area contributed by atoms with Gasteiger partial charge in [-0.3, -0.25) is 9.59 Å². The smallest absolute Gasteiger partial charge is 0.329 e. The average Bonchev–Trinajstić information content (AvgIpc) is 2.25. The molecule has 0 unspecified atom stereocenters. The molecule has 1 aromatic rings. The molecular weight excluding hydrogens is 232 g/mol. The van der Waals surface area contributed by atoms with E-state index in [0.29, 0.717) is 6.07 Å². The first-order chi connectivity index (χ1) is 7.91. The number of amides is 2. The number of hydrazone groups is 1. The van der Waals surface area contributed by atoms with Crippen LogP contribution in [0.3, 0.4) is 0 Å². The van der Waals surface area contributed by atoms with Gasteiger partial charge in [0.25, 0.3) is 0 Å². The SMILES string of the molecule is C/C(=N\NC(=O)C(N)=O)c1ccc(F)cc1F. The van der Waals surface area contributed by atoms with Gasteiger partial charge < -0.3 is 5.73 Å². The minimum absolute atomic E-state index is 0.0103. The van der Waals surface area contributed by atoms with Crippen LogP contribution in [0.15, 0.2) is 23.3 Å². The molecule has 0 aliphatic rings. The second-order valence-electron chi connectivity index (χ2n) is 3.13. The summed E-state index contributed by atoms with van der Waals surface area (Å²) < 4.78 is 25.9. The van der Waals surface area contributed by atoms with Gasteiger partial charge in [-0.2, -0.15) is 5.10 Å². The number of nitrogens with one attached hydrogen (secondary N) is 1. The molecule has 0 spiro atoms. The Morgan fingerprint density at radius 1 is 1.35 bits per heavy atom. The Bertz CT molecular complexity index is 500. The minimum Gasteiger partial charge on any atom is -0.361 e. The lowest BCUT2D eigenvalue weighted by Crippen LogP contribution is -2.33. The fourth-order valence-corrected chi connectivity index (χ4v) is 1.03. The van der Waals surface area contributed by atoms with Crippen LogP contribution in [0.5, 0.6) is 0 Å². The molecule has 90 valence electrons. The molecule has 0 aromatic heterocycles. The molecule has 5 nitrogen and oxygen atoms in total. The molecule has 0 saturated heterocycles. The minimum atomic E-state index is -1.21. The number of primary amides is 1. The van der Waals surface area contributed by atoms with E-state index < -0.39 is 23.4 Å². The van der Waals surface area contributed by atoms with Gasteiger partial charge in [0.15, 0.2) is 0 Å². The second kappa shape index (κ2) is 5.15. The molecule has 0 aliphatic carbocycles. The van der Waals surface area contributed by atoms with E-state index in [9.17, 15) is 18.4 Å². The Morgan fingerprint density at radius 2 is 2.00 bits per heavy atom. The third-order valence-electron chi connectivity index (χ3n) is 1.87. The molecule has 0 fully saturated rings. The monoisotopic (exact) mass is 241 g/mol. The maximum Gasteiger partial charge on any atom is 0.329 e. The van der Waals surface area contributed by atoms with Gasteiger partial charge in [0.2, 0.25) is 0 Å². The molecule has 0 atom stereocenters. The van der Waals surface area contributed by atoms with Crippen molar-refractivity contribution in [2.75, 3.05) is 0 Å². The molecule has 0 heterocycles. The van der Waals surface area contributed by atoms with Crippen molar-refractivity contribution in [3.63, 3.8) is 0 Å². The van der Waals surface area contributed by atoms with Crippen molar-refractivity contribution in [2.45, 2.75) is 6.92 Å². The zero-order valence-electron chi connectivity index (χ0n) is 8.83. The van der Waals surface area contributed by atoms with Crippen molar-refractivity contribution < 1.29 is 18.4 Å². The molecule has 1 aromatic carbocycles. The topological polar surface area (TPSA) is 84.6 Å². The Labute approximate surface area is 95.3 Å². The highest BCUT2D eigenvalue weighted by Gasteiger charge is 2.09. The molecule has 7 heteroatoms. The summed E-state index contributed by atoms with van der Waals surface area (Å²) >= 11 is 0. The van der Waals surface area contributed by atoms with Crippen molar-refractivity contribution in [3.05, 3.63) is 35.4 Å². The van der Waals surface area contributed by atoms with Crippen LogP contribution < -0.4 is 11.2 Å². The third kappa shape index (κ3) is 3.33. The first-order valence-electron chi connectivity index (χ1n) is 4.51. The van der Waals surface area contributed by atoms with Crippen molar-refractivity contribution in [3.8, 4) is 0 Å². The summed E-state index contributed by atoms with van der Waals surface area (Å²) in [6, 6.07) is 2.90. The predicted molar refractivity (Wildman–Crippen MR) is 55.9 cm³/mol. The quantitative estimate of drug-likeness (QED) is 0.443. The number of carbonyl (C=O) groups is 2. The van der Waals surface area contributed by atoms with Gasteiger partial charge in [-0.25, -0.2) is 14.2 Å². The highest BCUT2D eigenvalue weighted by Crippen LogP contribution is 2.10. The Balaban J connectivity index is 2.89. The highest BCUT2D eigenvalue weighted by molar-refractivity contribution is 6.34. The molecule has 17 heavy (non-hydrogen) atoms. The van der Waals surface area contributed by atoms with E-state index in [2.05, 4.69) is 10.8 Å².